The second-order valence-electron chi connectivity index (χ2n) is 5.53. The zero-order valence-corrected chi connectivity index (χ0v) is 15.3. The van der Waals surface area contributed by atoms with E-state index in [0.29, 0.717) is 29.8 Å². The highest BCUT2D eigenvalue weighted by Gasteiger charge is 2.06. The molecule has 25 heavy (non-hydrogen) atoms. The van der Waals surface area contributed by atoms with Crippen molar-refractivity contribution in [2.45, 2.75) is 6.92 Å². The van der Waals surface area contributed by atoms with Crippen LogP contribution in [0, 0.1) is 6.92 Å². The van der Waals surface area contributed by atoms with E-state index in [1.807, 2.05) is 24.9 Å². The highest BCUT2D eigenvalue weighted by molar-refractivity contribution is 6.31. The van der Waals surface area contributed by atoms with E-state index in [0.717, 1.165) is 11.3 Å². The molecule has 7 nitrogen and oxygen atoms in total. The van der Waals surface area contributed by atoms with Gasteiger partial charge in [-0.05, 0) is 30.7 Å². The van der Waals surface area contributed by atoms with Gasteiger partial charge in [0.05, 0.1) is 26.0 Å². The van der Waals surface area contributed by atoms with E-state index in [4.69, 9.17) is 16.3 Å². The summed E-state index contributed by atoms with van der Waals surface area (Å²) in [5.74, 6) is 1.11. The Morgan fingerprint density at radius 1 is 1.32 bits per heavy atom. The summed E-state index contributed by atoms with van der Waals surface area (Å²) >= 11 is 5.97. The maximum atomic E-state index is 11.9. The van der Waals surface area contributed by atoms with Crippen molar-refractivity contribution >= 4 is 29.1 Å². The zero-order chi connectivity index (χ0) is 18.2. The molecule has 0 saturated carbocycles. The van der Waals surface area contributed by atoms with Gasteiger partial charge in [0.15, 0.2) is 5.75 Å². The topological polar surface area (TPSA) is 79.4 Å². The summed E-state index contributed by atoms with van der Waals surface area (Å²) in [6.45, 7) is 3.41. The van der Waals surface area contributed by atoms with Gasteiger partial charge in [0, 0.05) is 30.8 Å². The first-order valence-corrected chi connectivity index (χ1v) is 8.21. The predicted octanol–water partition coefficient (Wildman–Crippen LogP) is 2.11. The minimum Gasteiger partial charge on any atom is -0.494 e. The van der Waals surface area contributed by atoms with Gasteiger partial charge in [-0.2, -0.15) is 0 Å². The van der Waals surface area contributed by atoms with Crippen LogP contribution in [0.15, 0.2) is 30.6 Å². The zero-order valence-electron chi connectivity index (χ0n) is 14.5. The fourth-order valence-electron chi connectivity index (χ4n) is 2.09. The first kappa shape index (κ1) is 19.0. The minimum absolute atomic E-state index is 0.106. The molecule has 2 N–H and O–H groups in total. The number of methoxy groups -OCH3 is 1. The molecule has 0 fully saturated rings. The van der Waals surface area contributed by atoms with Crippen molar-refractivity contribution in [3.63, 3.8) is 0 Å². The maximum Gasteiger partial charge on any atom is 0.238 e. The number of likely N-dealkylation sites (N-methyl/N-ethyl adjacent to an activating group) is 1. The van der Waals surface area contributed by atoms with Crippen molar-refractivity contribution in [1.29, 1.82) is 0 Å². The SMILES string of the molecule is COc1cnc(N(C)CCNCC(=O)Nc2ccc(Cl)c(C)c2)nc1. The number of ether oxygens (including phenoxy) is 1. The number of amides is 1. The van der Waals surface area contributed by atoms with Gasteiger partial charge < -0.3 is 20.3 Å². The summed E-state index contributed by atoms with van der Waals surface area (Å²) < 4.78 is 5.03. The number of aryl methyl sites for hydroxylation is 1. The second kappa shape index (κ2) is 9.19. The van der Waals surface area contributed by atoms with Crippen molar-refractivity contribution in [1.82, 2.24) is 15.3 Å². The normalized spacial score (nSPS) is 10.4. The van der Waals surface area contributed by atoms with Crippen LogP contribution in [0.25, 0.3) is 0 Å². The molecule has 134 valence electrons. The van der Waals surface area contributed by atoms with Crippen molar-refractivity contribution < 1.29 is 9.53 Å². The van der Waals surface area contributed by atoms with Crippen LogP contribution in [-0.4, -0.2) is 49.7 Å². The number of carbonyl (C=O) groups excluding carboxylic acids is 1. The molecule has 0 radical (unpaired) electrons. The van der Waals surface area contributed by atoms with E-state index in [9.17, 15) is 4.79 Å². The van der Waals surface area contributed by atoms with Crippen LogP contribution < -0.4 is 20.3 Å². The van der Waals surface area contributed by atoms with Crippen LogP contribution in [-0.2, 0) is 4.79 Å². The van der Waals surface area contributed by atoms with E-state index in [1.54, 1.807) is 31.6 Å². The Kier molecular flexibility index (Phi) is 6.97. The number of nitrogens with zero attached hydrogens (tertiary/aromatic N) is 3. The first-order chi connectivity index (χ1) is 12.0. The van der Waals surface area contributed by atoms with Gasteiger partial charge >= 0.3 is 0 Å². The van der Waals surface area contributed by atoms with Crippen molar-refractivity contribution in [2.75, 3.05) is 44.0 Å². The second-order valence-corrected chi connectivity index (χ2v) is 5.94. The van der Waals surface area contributed by atoms with Crippen molar-refractivity contribution in [3.8, 4) is 5.75 Å². The lowest BCUT2D eigenvalue weighted by molar-refractivity contribution is -0.115. The van der Waals surface area contributed by atoms with Crippen molar-refractivity contribution in [3.05, 3.63) is 41.2 Å². The molecule has 0 spiro atoms. The molecule has 0 aliphatic carbocycles. The van der Waals surface area contributed by atoms with Gasteiger partial charge in [-0.25, -0.2) is 9.97 Å². The smallest absolute Gasteiger partial charge is 0.238 e. The number of anilines is 2. The average molecular weight is 364 g/mol. The molecule has 2 aromatic rings. The maximum absolute atomic E-state index is 11.9. The molecule has 1 amide bonds. The van der Waals surface area contributed by atoms with Crippen LogP contribution in [0.5, 0.6) is 5.75 Å². The Morgan fingerprint density at radius 2 is 2.04 bits per heavy atom. The Hall–Kier alpha value is -2.38. The third-order valence-electron chi connectivity index (χ3n) is 3.54. The number of halogens is 1. The highest BCUT2D eigenvalue weighted by Crippen LogP contribution is 2.19. The lowest BCUT2D eigenvalue weighted by Crippen LogP contribution is -2.34. The fraction of sp³-hybridized carbons (Fsp3) is 0.353. The molecular weight excluding hydrogens is 342 g/mol. The third kappa shape index (κ3) is 5.88. The predicted molar refractivity (Wildman–Crippen MR) is 99.5 cm³/mol. The quantitative estimate of drug-likeness (QED) is 0.699. The summed E-state index contributed by atoms with van der Waals surface area (Å²) in [7, 11) is 3.46. The molecule has 0 aliphatic heterocycles. The number of rotatable bonds is 8. The number of hydrogen-bond donors (Lipinski definition) is 2. The molecule has 0 aliphatic rings. The van der Waals surface area contributed by atoms with E-state index < -0.39 is 0 Å². The average Bonchev–Trinajstić information content (AvgIpc) is 2.62. The molecular formula is C17H22ClN5O2. The van der Waals surface area contributed by atoms with Gasteiger partial charge in [0.1, 0.15) is 0 Å². The van der Waals surface area contributed by atoms with Crippen LogP contribution in [0.3, 0.4) is 0 Å². The number of carbonyl (C=O) groups is 1. The van der Waals surface area contributed by atoms with Crippen molar-refractivity contribution in [2.24, 2.45) is 0 Å². The number of nitrogens with one attached hydrogen (secondary N) is 2. The molecule has 8 heteroatoms. The summed E-state index contributed by atoms with van der Waals surface area (Å²) in [5, 5.41) is 6.61. The van der Waals surface area contributed by atoms with Gasteiger partial charge in [0.2, 0.25) is 11.9 Å². The Bertz CT molecular complexity index is 709. The standard InChI is InChI=1S/C17H22ClN5O2/c1-12-8-13(4-5-15(12)18)22-16(24)11-19-6-7-23(2)17-20-9-14(25-3)10-21-17/h4-5,8-10,19H,6-7,11H2,1-3H3,(H,22,24). The Balaban J connectivity index is 1.70. The van der Waals surface area contributed by atoms with E-state index in [-0.39, 0.29) is 12.5 Å². The minimum atomic E-state index is -0.106. The third-order valence-corrected chi connectivity index (χ3v) is 3.97. The summed E-state index contributed by atoms with van der Waals surface area (Å²) in [4.78, 5) is 22.2. The Labute approximate surface area is 152 Å². The van der Waals surface area contributed by atoms with E-state index >= 15 is 0 Å². The van der Waals surface area contributed by atoms with Crippen LogP contribution in [0.2, 0.25) is 5.02 Å². The monoisotopic (exact) mass is 363 g/mol. The van der Waals surface area contributed by atoms with E-state index in [2.05, 4.69) is 20.6 Å². The lowest BCUT2D eigenvalue weighted by Gasteiger charge is -2.17. The lowest BCUT2D eigenvalue weighted by atomic mass is 10.2. The van der Waals surface area contributed by atoms with Gasteiger partial charge in [-0.3, -0.25) is 4.79 Å². The summed E-state index contributed by atoms with van der Waals surface area (Å²) in [6, 6.07) is 5.39. The van der Waals surface area contributed by atoms with Crippen LogP contribution in [0.4, 0.5) is 11.6 Å². The molecule has 0 bridgehead atoms. The molecule has 0 saturated heterocycles. The number of benzene rings is 1. The summed E-state index contributed by atoms with van der Waals surface area (Å²) in [5.41, 5.74) is 1.66. The molecule has 0 unspecified atom stereocenters. The largest absolute Gasteiger partial charge is 0.494 e. The van der Waals surface area contributed by atoms with Gasteiger partial charge in [0.25, 0.3) is 0 Å². The Morgan fingerprint density at radius 3 is 2.68 bits per heavy atom. The highest BCUT2D eigenvalue weighted by atomic mass is 35.5. The van der Waals surface area contributed by atoms with E-state index in [1.165, 1.54) is 0 Å². The van der Waals surface area contributed by atoms with Gasteiger partial charge in [-0.15, -0.1) is 0 Å². The number of aromatic nitrogens is 2. The fourth-order valence-corrected chi connectivity index (χ4v) is 2.21. The molecule has 0 atom stereocenters. The molecule has 2 rings (SSSR count). The summed E-state index contributed by atoms with van der Waals surface area (Å²) in [6.07, 6.45) is 3.24. The molecule has 1 heterocycles. The first-order valence-electron chi connectivity index (χ1n) is 7.83. The number of hydrogen-bond acceptors (Lipinski definition) is 6. The van der Waals surface area contributed by atoms with Crippen LogP contribution in [0.1, 0.15) is 5.56 Å². The van der Waals surface area contributed by atoms with Gasteiger partial charge in [-0.1, -0.05) is 11.6 Å². The van der Waals surface area contributed by atoms with Crippen LogP contribution >= 0.6 is 11.6 Å². The molecule has 1 aromatic carbocycles. The molecule has 1 aromatic heterocycles.